The minimum Gasteiger partial charge on any atom is -0.494 e. The van der Waals surface area contributed by atoms with Crippen LogP contribution in [0.15, 0.2) is 12.1 Å². The topological polar surface area (TPSA) is 76.4 Å². The zero-order valence-electron chi connectivity index (χ0n) is 11.7. The number of methoxy groups -OCH3 is 1. The lowest BCUT2D eigenvalue weighted by Gasteiger charge is -2.12. The number of benzene rings is 1. The number of halogens is 1. The standard InChI is InChI=1S/C14H20FN3O2/c1-8-7-11(8)17-5-6-18-14(19)9-3-4-10(15)12(16)13(9)20-2/h3-4,8,11,17H,5-7,16H2,1-2H3,(H,18,19)/t8-,11+/m0/s1. The fourth-order valence-electron chi connectivity index (χ4n) is 2.11. The van der Waals surface area contributed by atoms with Crippen LogP contribution in [0.25, 0.3) is 0 Å². The monoisotopic (exact) mass is 281 g/mol. The highest BCUT2D eigenvalue weighted by molar-refractivity contribution is 5.98. The van der Waals surface area contributed by atoms with Gasteiger partial charge in [0, 0.05) is 19.1 Å². The van der Waals surface area contributed by atoms with E-state index in [1.54, 1.807) is 0 Å². The molecule has 0 spiro atoms. The van der Waals surface area contributed by atoms with E-state index in [4.69, 9.17) is 10.5 Å². The molecule has 1 aromatic rings. The average molecular weight is 281 g/mol. The lowest BCUT2D eigenvalue weighted by molar-refractivity contribution is 0.0951. The van der Waals surface area contributed by atoms with Gasteiger partial charge in [-0.25, -0.2) is 4.39 Å². The summed E-state index contributed by atoms with van der Waals surface area (Å²) in [6, 6.07) is 3.11. The molecule has 1 aromatic carbocycles. The first-order valence-corrected chi connectivity index (χ1v) is 6.68. The van der Waals surface area contributed by atoms with Crippen LogP contribution in [0.3, 0.4) is 0 Å². The second-order valence-corrected chi connectivity index (χ2v) is 5.07. The molecule has 2 rings (SSSR count). The molecule has 1 amide bonds. The number of amides is 1. The summed E-state index contributed by atoms with van der Waals surface area (Å²) >= 11 is 0. The number of anilines is 1. The Morgan fingerprint density at radius 2 is 2.20 bits per heavy atom. The van der Waals surface area contributed by atoms with Crippen molar-refractivity contribution in [3.05, 3.63) is 23.5 Å². The maximum atomic E-state index is 13.3. The number of carbonyl (C=O) groups is 1. The first-order valence-electron chi connectivity index (χ1n) is 6.68. The molecule has 0 aromatic heterocycles. The molecule has 0 aliphatic heterocycles. The Morgan fingerprint density at radius 1 is 1.50 bits per heavy atom. The van der Waals surface area contributed by atoms with Crippen molar-refractivity contribution in [2.45, 2.75) is 19.4 Å². The van der Waals surface area contributed by atoms with Crippen LogP contribution < -0.4 is 21.1 Å². The lowest BCUT2D eigenvalue weighted by atomic mass is 10.1. The molecule has 0 radical (unpaired) electrons. The molecule has 5 nitrogen and oxygen atoms in total. The zero-order chi connectivity index (χ0) is 14.7. The Balaban J connectivity index is 1.90. The fraction of sp³-hybridized carbons (Fsp3) is 0.500. The van der Waals surface area contributed by atoms with Crippen LogP contribution in [0, 0.1) is 11.7 Å². The predicted octanol–water partition coefficient (Wildman–Crippen LogP) is 1.14. The Kier molecular flexibility index (Phi) is 4.44. The van der Waals surface area contributed by atoms with E-state index in [2.05, 4.69) is 17.6 Å². The zero-order valence-corrected chi connectivity index (χ0v) is 11.7. The normalized spacial score (nSPS) is 20.6. The lowest BCUT2D eigenvalue weighted by Crippen LogP contribution is -2.33. The summed E-state index contributed by atoms with van der Waals surface area (Å²) in [4.78, 5) is 12.0. The molecule has 0 heterocycles. The summed E-state index contributed by atoms with van der Waals surface area (Å²) in [5.41, 5.74) is 5.65. The van der Waals surface area contributed by atoms with Gasteiger partial charge in [0.05, 0.1) is 12.7 Å². The minimum absolute atomic E-state index is 0.0753. The Hall–Kier alpha value is -1.82. The van der Waals surface area contributed by atoms with E-state index in [9.17, 15) is 9.18 Å². The number of hydrogen-bond donors (Lipinski definition) is 3. The molecule has 6 heteroatoms. The molecule has 1 aliphatic rings. The van der Waals surface area contributed by atoms with Gasteiger partial charge in [-0.05, 0) is 24.5 Å². The smallest absolute Gasteiger partial charge is 0.255 e. The van der Waals surface area contributed by atoms with Crippen LogP contribution in [-0.4, -0.2) is 32.1 Å². The molecule has 2 atom stereocenters. The van der Waals surface area contributed by atoms with Gasteiger partial charge in [0.25, 0.3) is 5.91 Å². The second kappa shape index (κ2) is 6.09. The van der Waals surface area contributed by atoms with Gasteiger partial charge in [-0.3, -0.25) is 4.79 Å². The third-order valence-corrected chi connectivity index (χ3v) is 3.52. The molecule has 20 heavy (non-hydrogen) atoms. The molecule has 0 saturated heterocycles. The van der Waals surface area contributed by atoms with Crippen LogP contribution in [-0.2, 0) is 0 Å². The van der Waals surface area contributed by atoms with Gasteiger partial charge < -0.3 is 21.1 Å². The van der Waals surface area contributed by atoms with Crippen molar-refractivity contribution >= 4 is 11.6 Å². The van der Waals surface area contributed by atoms with Crippen LogP contribution in [0.4, 0.5) is 10.1 Å². The Labute approximate surface area is 117 Å². The maximum absolute atomic E-state index is 13.3. The van der Waals surface area contributed by atoms with E-state index < -0.39 is 5.82 Å². The fourth-order valence-corrected chi connectivity index (χ4v) is 2.11. The van der Waals surface area contributed by atoms with Gasteiger partial charge >= 0.3 is 0 Å². The molecular weight excluding hydrogens is 261 g/mol. The maximum Gasteiger partial charge on any atom is 0.255 e. The highest BCUT2D eigenvalue weighted by Crippen LogP contribution is 2.29. The number of carbonyl (C=O) groups excluding carboxylic acids is 1. The van der Waals surface area contributed by atoms with Crippen molar-refractivity contribution in [1.29, 1.82) is 0 Å². The highest BCUT2D eigenvalue weighted by Gasteiger charge is 2.31. The van der Waals surface area contributed by atoms with Crippen molar-refractivity contribution in [2.24, 2.45) is 5.92 Å². The van der Waals surface area contributed by atoms with Crippen molar-refractivity contribution < 1.29 is 13.9 Å². The number of rotatable bonds is 6. The third-order valence-electron chi connectivity index (χ3n) is 3.52. The van der Waals surface area contributed by atoms with Crippen molar-refractivity contribution in [3.63, 3.8) is 0 Å². The van der Waals surface area contributed by atoms with E-state index in [0.717, 1.165) is 12.0 Å². The van der Waals surface area contributed by atoms with E-state index in [0.29, 0.717) is 19.1 Å². The summed E-state index contributed by atoms with van der Waals surface area (Å²) in [6.45, 7) is 3.39. The summed E-state index contributed by atoms with van der Waals surface area (Å²) in [5.74, 6) is -0.115. The number of nitrogens with two attached hydrogens (primary N) is 1. The summed E-state index contributed by atoms with van der Waals surface area (Å²) < 4.78 is 18.3. The second-order valence-electron chi connectivity index (χ2n) is 5.07. The number of hydrogen-bond acceptors (Lipinski definition) is 4. The highest BCUT2D eigenvalue weighted by atomic mass is 19.1. The average Bonchev–Trinajstić information content (AvgIpc) is 3.13. The third kappa shape index (κ3) is 3.19. The molecular formula is C14H20FN3O2. The molecule has 1 saturated carbocycles. The summed E-state index contributed by atoms with van der Waals surface area (Å²) in [5, 5.41) is 6.09. The molecule has 110 valence electrons. The van der Waals surface area contributed by atoms with Gasteiger partial charge in [0.1, 0.15) is 11.5 Å². The first-order chi connectivity index (χ1) is 9.54. The van der Waals surface area contributed by atoms with E-state index in [1.807, 2.05) is 0 Å². The predicted molar refractivity (Wildman–Crippen MR) is 75.3 cm³/mol. The summed E-state index contributed by atoms with van der Waals surface area (Å²) in [7, 11) is 1.36. The van der Waals surface area contributed by atoms with Crippen molar-refractivity contribution in [2.75, 3.05) is 25.9 Å². The number of ether oxygens (including phenoxy) is 1. The van der Waals surface area contributed by atoms with E-state index in [1.165, 1.54) is 19.6 Å². The molecule has 4 N–H and O–H groups in total. The Morgan fingerprint density at radius 3 is 2.80 bits per heavy atom. The van der Waals surface area contributed by atoms with Crippen LogP contribution in [0.2, 0.25) is 0 Å². The molecule has 0 unspecified atom stereocenters. The van der Waals surface area contributed by atoms with E-state index >= 15 is 0 Å². The number of nitrogen functional groups attached to an aromatic ring is 1. The van der Waals surface area contributed by atoms with Crippen LogP contribution in [0.1, 0.15) is 23.7 Å². The van der Waals surface area contributed by atoms with Gasteiger partial charge in [-0.1, -0.05) is 6.92 Å². The first kappa shape index (κ1) is 14.6. The summed E-state index contributed by atoms with van der Waals surface area (Å²) in [6.07, 6.45) is 1.19. The van der Waals surface area contributed by atoms with Gasteiger partial charge in [0.2, 0.25) is 0 Å². The van der Waals surface area contributed by atoms with Gasteiger partial charge in [0.15, 0.2) is 5.75 Å². The number of nitrogens with one attached hydrogen (secondary N) is 2. The molecule has 1 aliphatic carbocycles. The van der Waals surface area contributed by atoms with Crippen molar-refractivity contribution in [3.8, 4) is 5.75 Å². The Bertz CT molecular complexity index is 507. The SMILES string of the molecule is COc1c(C(=O)NCCN[C@@H]2C[C@@H]2C)ccc(F)c1N. The molecule has 0 bridgehead atoms. The van der Waals surface area contributed by atoms with Crippen LogP contribution in [0.5, 0.6) is 5.75 Å². The van der Waals surface area contributed by atoms with Gasteiger partial charge in [-0.2, -0.15) is 0 Å². The molecule has 1 fully saturated rings. The largest absolute Gasteiger partial charge is 0.494 e. The van der Waals surface area contributed by atoms with Crippen LogP contribution >= 0.6 is 0 Å². The van der Waals surface area contributed by atoms with Gasteiger partial charge in [-0.15, -0.1) is 0 Å². The minimum atomic E-state index is -0.595. The quantitative estimate of drug-likeness (QED) is 0.540. The van der Waals surface area contributed by atoms with E-state index in [-0.39, 0.29) is 22.9 Å². The van der Waals surface area contributed by atoms with Crippen molar-refractivity contribution in [1.82, 2.24) is 10.6 Å².